The first-order valence-electron chi connectivity index (χ1n) is 14.6. The third-order valence-electron chi connectivity index (χ3n) is 8.48. The van der Waals surface area contributed by atoms with E-state index < -0.39 is 0 Å². The molecule has 0 saturated carbocycles. The lowest BCUT2D eigenvalue weighted by atomic mass is 10.1. The van der Waals surface area contributed by atoms with E-state index in [1.54, 1.807) is 29.4 Å². The number of ether oxygens (including phenoxy) is 2. The van der Waals surface area contributed by atoms with Gasteiger partial charge in [-0.25, -0.2) is 24.2 Å². The Hall–Kier alpha value is -4.78. The highest BCUT2D eigenvalue weighted by Crippen LogP contribution is 2.38. The van der Waals surface area contributed by atoms with Crippen LogP contribution >= 0.6 is 0 Å². The number of rotatable bonds is 5. The van der Waals surface area contributed by atoms with Crippen LogP contribution in [0.1, 0.15) is 31.7 Å². The van der Waals surface area contributed by atoms with Crippen LogP contribution < -0.4 is 15.5 Å². The molecule has 3 aromatic heterocycles. The number of fused-ring (bicyclic) bond motifs is 3. The molecule has 4 aromatic rings. The second-order valence-corrected chi connectivity index (χ2v) is 11.1. The Morgan fingerprint density at radius 1 is 0.907 bits per heavy atom. The molecule has 3 amide bonds. The van der Waals surface area contributed by atoms with Crippen LogP contribution in [-0.2, 0) is 9.47 Å². The molecule has 1 aromatic carbocycles. The molecule has 3 saturated heterocycles. The van der Waals surface area contributed by atoms with Gasteiger partial charge in [0.15, 0.2) is 11.5 Å². The normalized spacial score (nSPS) is 20.3. The van der Waals surface area contributed by atoms with Gasteiger partial charge in [0.05, 0.1) is 61.9 Å². The van der Waals surface area contributed by atoms with Gasteiger partial charge < -0.3 is 29.9 Å². The lowest BCUT2D eigenvalue weighted by molar-refractivity contribution is 0.0904. The van der Waals surface area contributed by atoms with Crippen molar-refractivity contribution in [3.63, 3.8) is 0 Å². The number of amides is 3. The summed E-state index contributed by atoms with van der Waals surface area (Å²) in [4.78, 5) is 42.8. The molecule has 222 valence electrons. The highest BCUT2D eigenvalue weighted by atomic mass is 16.5. The molecule has 43 heavy (non-hydrogen) atoms. The monoisotopic (exact) mass is 583 g/mol. The zero-order chi connectivity index (χ0) is 29.3. The van der Waals surface area contributed by atoms with Crippen molar-refractivity contribution in [2.45, 2.75) is 43.8 Å². The molecule has 6 heterocycles. The van der Waals surface area contributed by atoms with Crippen molar-refractivity contribution in [2.24, 2.45) is 0 Å². The summed E-state index contributed by atoms with van der Waals surface area (Å²) in [7, 11) is 1.41. The number of nitrogens with zero attached hydrogens (tertiary/aromatic N) is 7. The second kappa shape index (κ2) is 11.5. The van der Waals surface area contributed by atoms with E-state index in [4.69, 9.17) is 24.5 Å². The highest BCUT2D eigenvalue weighted by molar-refractivity contribution is 5.99. The fourth-order valence-corrected chi connectivity index (χ4v) is 6.33. The number of pyridine rings is 1. The number of benzene rings is 1. The fourth-order valence-electron chi connectivity index (χ4n) is 6.33. The molecule has 0 aliphatic carbocycles. The Bertz CT molecular complexity index is 1600. The van der Waals surface area contributed by atoms with Crippen molar-refractivity contribution in [1.29, 1.82) is 0 Å². The van der Waals surface area contributed by atoms with Crippen LogP contribution in [0.15, 0.2) is 55.0 Å². The average Bonchev–Trinajstić information content (AvgIpc) is 3.58. The van der Waals surface area contributed by atoms with Crippen LogP contribution in [0.2, 0.25) is 0 Å². The van der Waals surface area contributed by atoms with Crippen molar-refractivity contribution in [1.82, 2.24) is 29.6 Å². The summed E-state index contributed by atoms with van der Waals surface area (Å²) in [6.45, 7) is 2.55. The van der Waals surface area contributed by atoms with Gasteiger partial charge in [-0.3, -0.25) is 4.98 Å². The van der Waals surface area contributed by atoms with Gasteiger partial charge in [-0.05, 0) is 62.1 Å². The van der Waals surface area contributed by atoms with E-state index >= 15 is 0 Å². The predicted molar refractivity (Wildman–Crippen MR) is 160 cm³/mol. The van der Waals surface area contributed by atoms with Crippen molar-refractivity contribution in [3.8, 4) is 11.4 Å². The topological polar surface area (TPSA) is 140 Å². The van der Waals surface area contributed by atoms with Crippen LogP contribution in [0.25, 0.3) is 22.4 Å². The first-order chi connectivity index (χ1) is 21.1. The third kappa shape index (κ3) is 5.31. The van der Waals surface area contributed by atoms with E-state index in [9.17, 15) is 9.59 Å². The van der Waals surface area contributed by atoms with Gasteiger partial charge in [0, 0.05) is 30.5 Å². The van der Waals surface area contributed by atoms with Gasteiger partial charge >= 0.3 is 12.1 Å². The quantitative estimate of drug-likeness (QED) is 0.352. The molecule has 13 heteroatoms. The summed E-state index contributed by atoms with van der Waals surface area (Å²) in [6, 6.07) is 11.3. The van der Waals surface area contributed by atoms with Gasteiger partial charge in [0.25, 0.3) is 0 Å². The van der Waals surface area contributed by atoms with Crippen LogP contribution in [0, 0.1) is 0 Å². The number of nitrogens with one attached hydrogen (secondary N) is 2. The molecule has 2 atom stereocenters. The number of morpholine rings is 1. The second-order valence-electron chi connectivity index (χ2n) is 11.1. The summed E-state index contributed by atoms with van der Waals surface area (Å²) >= 11 is 0. The van der Waals surface area contributed by atoms with Crippen molar-refractivity contribution in [3.05, 3.63) is 55.0 Å². The number of piperidine rings is 1. The molecule has 0 radical (unpaired) electrons. The van der Waals surface area contributed by atoms with E-state index in [0.29, 0.717) is 43.5 Å². The number of anilines is 3. The number of aromatic nitrogens is 5. The molecule has 7 rings (SSSR count). The molecule has 2 bridgehead atoms. The Labute approximate surface area is 248 Å². The molecule has 0 spiro atoms. The van der Waals surface area contributed by atoms with Gasteiger partial charge in [-0.1, -0.05) is 0 Å². The van der Waals surface area contributed by atoms with Crippen molar-refractivity contribution < 1.29 is 19.1 Å². The largest absolute Gasteiger partial charge is 0.453 e. The van der Waals surface area contributed by atoms with Gasteiger partial charge in [-0.15, -0.1) is 0 Å². The van der Waals surface area contributed by atoms with Gasteiger partial charge in [0.2, 0.25) is 0 Å². The number of carbonyl (C=O) groups is 2. The molecule has 3 aliphatic rings. The molecule has 3 aliphatic heterocycles. The molecule has 2 N–H and O–H groups in total. The van der Waals surface area contributed by atoms with Crippen molar-refractivity contribution in [2.75, 3.05) is 48.9 Å². The van der Waals surface area contributed by atoms with Crippen LogP contribution in [-0.4, -0.2) is 87.3 Å². The average molecular weight is 584 g/mol. The molecular formula is C30H33N9O4. The minimum Gasteiger partial charge on any atom is -0.453 e. The zero-order valence-corrected chi connectivity index (χ0v) is 23.8. The van der Waals surface area contributed by atoms with E-state index in [-0.39, 0.29) is 30.2 Å². The summed E-state index contributed by atoms with van der Waals surface area (Å²) in [6.07, 6.45) is 8.45. The highest BCUT2D eigenvalue weighted by Gasteiger charge is 2.40. The summed E-state index contributed by atoms with van der Waals surface area (Å²) in [5, 5.41) is 11.4. The van der Waals surface area contributed by atoms with E-state index in [1.165, 1.54) is 7.11 Å². The van der Waals surface area contributed by atoms with Crippen molar-refractivity contribution >= 4 is 40.4 Å². The number of urea groups is 1. The minimum absolute atomic E-state index is 0.0975. The Morgan fingerprint density at radius 3 is 2.35 bits per heavy atom. The zero-order valence-electron chi connectivity index (χ0n) is 23.8. The maximum absolute atomic E-state index is 12.5. The number of hydrogen-bond acceptors (Lipinski definition) is 9. The smallest absolute Gasteiger partial charge is 0.409 e. The Balaban J connectivity index is 1.19. The Morgan fingerprint density at radius 2 is 1.65 bits per heavy atom. The first kappa shape index (κ1) is 27.1. The van der Waals surface area contributed by atoms with Crippen LogP contribution in [0.4, 0.5) is 26.8 Å². The van der Waals surface area contributed by atoms with Crippen LogP contribution in [0.5, 0.6) is 0 Å². The standard InChI is InChI=1S/C30H33N9O4/c1-42-30(41)37-13-10-22(11-14-37)39-28-25(16-32-39)27(38-23-8-9-24(38)18-43-17-23)35-26(36-28)19-4-6-20(7-5-19)33-29(40)34-21-3-2-12-31-15-21/h2-7,12,15-16,22-24H,8-11,13-14,17-18H2,1H3,(H2,33,34,40). The summed E-state index contributed by atoms with van der Waals surface area (Å²) in [5.74, 6) is 1.47. The first-order valence-corrected chi connectivity index (χ1v) is 14.6. The number of methoxy groups -OCH3 is 1. The minimum atomic E-state index is -0.356. The Kier molecular flexibility index (Phi) is 7.23. The maximum atomic E-state index is 12.5. The lowest BCUT2D eigenvalue weighted by Gasteiger charge is -2.36. The molecule has 2 unspecified atom stereocenters. The lowest BCUT2D eigenvalue weighted by Crippen LogP contribution is -2.46. The molecule has 13 nitrogen and oxygen atoms in total. The summed E-state index contributed by atoms with van der Waals surface area (Å²) in [5.41, 5.74) is 2.85. The van der Waals surface area contributed by atoms with E-state index in [1.807, 2.05) is 35.1 Å². The number of carbonyl (C=O) groups excluding carboxylic acids is 2. The third-order valence-corrected chi connectivity index (χ3v) is 8.48. The van der Waals surface area contributed by atoms with E-state index in [2.05, 4.69) is 20.5 Å². The molecular weight excluding hydrogens is 550 g/mol. The predicted octanol–water partition coefficient (Wildman–Crippen LogP) is 4.30. The van der Waals surface area contributed by atoms with Gasteiger partial charge in [0.1, 0.15) is 5.82 Å². The maximum Gasteiger partial charge on any atom is 0.409 e. The fraction of sp³-hybridized carbons (Fsp3) is 0.400. The summed E-state index contributed by atoms with van der Waals surface area (Å²) < 4.78 is 12.8. The van der Waals surface area contributed by atoms with Gasteiger partial charge in [-0.2, -0.15) is 5.10 Å². The number of likely N-dealkylation sites (tertiary alicyclic amines) is 1. The van der Waals surface area contributed by atoms with E-state index in [0.717, 1.165) is 48.1 Å². The molecule has 3 fully saturated rings. The number of hydrogen-bond donors (Lipinski definition) is 2. The van der Waals surface area contributed by atoms with Crippen LogP contribution in [0.3, 0.4) is 0 Å². The SMILES string of the molecule is COC(=O)N1CCC(n2ncc3c(N4C5CCC4COC5)nc(-c4ccc(NC(=O)Nc5cccnc5)cc4)nc32)CC1.